The summed E-state index contributed by atoms with van der Waals surface area (Å²) >= 11 is 0. The van der Waals surface area contributed by atoms with E-state index in [0.717, 1.165) is 24.0 Å². The van der Waals surface area contributed by atoms with Gasteiger partial charge in [-0.2, -0.15) is 5.26 Å². The first-order valence-corrected chi connectivity index (χ1v) is 11.5. The van der Waals surface area contributed by atoms with Crippen LogP contribution in [0.2, 0.25) is 0 Å². The van der Waals surface area contributed by atoms with Gasteiger partial charge in [0.1, 0.15) is 23.2 Å². The minimum atomic E-state index is -0.481. The predicted molar refractivity (Wildman–Crippen MR) is 131 cm³/mol. The molecule has 3 aromatic rings. The molecular formula is C27H29N3O3. The fourth-order valence-corrected chi connectivity index (χ4v) is 4.04. The Morgan fingerprint density at radius 2 is 1.91 bits per heavy atom. The minimum Gasteiger partial charge on any atom is -0.457 e. The van der Waals surface area contributed by atoms with Gasteiger partial charge in [-0.15, -0.1) is 0 Å². The van der Waals surface area contributed by atoms with Crippen molar-refractivity contribution in [3.63, 3.8) is 0 Å². The number of carbonyl (C=O) groups excluding carboxylic acids is 1. The summed E-state index contributed by atoms with van der Waals surface area (Å²) in [6.07, 6.45) is 5.26. The zero-order chi connectivity index (χ0) is 23.2. The number of amides is 1. The van der Waals surface area contributed by atoms with Crippen LogP contribution in [0.3, 0.4) is 0 Å². The van der Waals surface area contributed by atoms with Crippen LogP contribution >= 0.6 is 0 Å². The summed E-state index contributed by atoms with van der Waals surface area (Å²) in [5.41, 5.74) is 2.17. The first kappa shape index (κ1) is 22.6. The lowest BCUT2D eigenvalue weighted by molar-refractivity contribution is -0.117. The Labute approximate surface area is 194 Å². The number of anilines is 1. The van der Waals surface area contributed by atoms with E-state index in [4.69, 9.17) is 9.52 Å². The molecule has 1 aromatic heterocycles. The Balaban J connectivity index is 1.51. The highest BCUT2D eigenvalue weighted by Gasteiger charge is 2.14. The Morgan fingerprint density at radius 3 is 2.67 bits per heavy atom. The lowest BCUT2D eigenvalue weighted by atomic mass is 10.0. The number of hydrogen-bond acceptors (Lipinski definition) is 5. The van der Waals surface area contributed by atoms with E-state index in [2.05, 4.69) is 40.5 Å². The third-order valence-electron chi connectivity index (χ3n) is 6.03. The van der Waals surface area contributed by atoms with E-state index in [1.807, 2.05) is 25.1 Å². The van der Waals surface area contributed by atoms with Crippen LogP contribution in [0.15, 0.2) is 58.5 Å². The molecule has 0 radical (unpaired) electrons. The maximum Gasteiger partial charge on any atom is 0.262 e. The van der Waals surface area contributed by atoms with Crippen molar-refractivity contribution in [2.45, 2.75) is 26.2 Å². The summed E-state index contributed by atoms with van der Waals surface area (Å²) in [7, 11) is 0. The van der Waals surface area contributed by atoms with E-state index in [1.165, 1.54) is 36.4 Å². The largest absolute Gasteiger partial charge is 0.457 e. The molecule has 6 heteroatoms. The standard InChI is InChI=1S/C27H29N3O3/c1-19(18-31)17-29-27(32)23(16-28)15-25-9-10-26(33-25)22-6-5-21-14-24(8-7-20(21)13-22)30-11-3-2-4-12-30/h5-10,13-15,19,31H,2-4,11-12,17-18H2,1H3,(H,29,32)/b23-15+. The monoisotopic (exact) mass is 443 g/mol. The number of furan rings is 1. The van der Waals surface area contributed by atoms with Crippen molar-refractivity contribution in [3.05, 3.63) is 59.9 Å². The highest BCUT2D eigenvalue weighted by Crippen LogP contribution is 2.30. The minimum absolute atomic E-state index is 0.0290. The number of nitriles is 1. The number of carbonyl (C=O) groups is 1. The number of rotatable bonds is 7. The Hall–Kier alpha value is -3.56. The average molecular weight is 444 g/mol. The van der Waals surface area contributed by atoms with Gasteiger partial charge in [-0.1, -0.05) is 25.1 Å². The van der Waals surface area contributed by atoms with Gasteiger partial charge in [0.25, 0.3) is 5.91 Å². The first-order valence-electron chi connectivity index (χ1n) is 11.5. The van der Waals surface area contributed by atoms with Crippen LogP contribution in [-0.2, 0) is 4.79 Å². The Bertz CT molecular complexity index is 1200. The molecule has 0 aliphatic carbocycles. The van der Waals surface area contributed by atoms with Gasteiger partial charge in [-0.05, 0) is 66.3 Å². The van der Waals surface area contributed by atoms with E-state index in [0.29, 0.717) is 18.1 Å². The van der Waals surface area contributed by atoms with Crippen molar-refractivity contribution in [1.82, 2.24) is 5.32 Å². The highest BCUT2D eigenvalue weighted by atomic mass is 16.3. The van der Waals surface area contributed by atoms with Crippen molar-refractivity contribution in [2.24, 2.45) is 5.92 Å². The molecule has 170 valence electrons. The van der Waals surface area contributed by atoms with E-state index in [9.17, 15) is 10.1 Å². The second-order valence-corrected chi connectivity index (χ2v) is 8.66. The van der Waals surface area contributed by atoms with E-state index < -0.39 is 5.91 Å². The van der Waals surface area contributed by atoms with Gasteiger partial charge >= 0.3 is 0 Å². The van der Waals surface area contributed by atoms with Crippen LogP contribution in [0.1, 0.15) is 31.9 Å². The second kappa shape index (κ2) is 10.4. The quantitative estimate of drug-likeness (QED) is 0.407. The van der Waals surface area contributed by atoms with Gasteiger partial charge in [0.15, 0.2) is 0 Å². The second-order valence-electron chi connectivity index (χ2n) is 8.66. The molecule has 1 fully saturated rings. The van der Waals surface area contributed by atoms with Crippen molar-refractivity contribution >= 4 is 28.4 Å². The normalized spacial score (nSPS) is 15.3. The van der Waals surface area contributed by atoms with E-state index in [1.54, 1.807) is 6.07 Å². The van der Waals surface area contributed by atoms with Gasteiger partial charge in [0.2, 0.25) is 0 Å². The zero-order valence-electron chi connectivity index (χ0n) is 18.9. The van der Waals surface area contributed by atoms with Crippen LogP contribution in [-0.4, -0.2) is 37.3 Å². The third kappa shape index (κ3) is 5.44. The van der Waals surface area contributed by atoms with Crippen LogP contribution in [0.25, 0.3) is 28.2 Å². The summed E-state index contributed by atoms with van der Waals surface area (Å²) in [4.78, 5) is 14.7. The zero-order valence-corrected chi connectivity index (χ0v) is 18.9. The molecule has 1 saturated heterocycles. The molecule has 0 bridgehead atoms. The topological polar surface area (TPSA) is 89.5 Å². The fraction of sp³-hybridized carbons (Fsp3) is 0.333. The summed E-state index contributed by atoms with van der Waals surface area (Å²) in [5.74, 6) is 0.557. The molecule has 33 heavy (non-hydrogen) atoms. The number of aliphatic hydroxyl groups is 1. The smallest absolute Gasteiger partial charge is 0.262 e. The molecular weight excluding hydrogens is 414 g/mol. The lowest BCUT2D eigenvalue weighted by Gasteiger charge is -2.29. The van der Waals surface area contributed by atoms with Gasteiger partial charge in [0, 0.05) is 43.6 Å². The summed E-state index contributed by atoms with van der Waals surface area (Å²) in [6, 6.07) is 18.3. The number of nitrogens with one attached hydrogen (secondary N) is 1. The maximum absolute atomic E-state index is 12.2. The van der Waals surface area contributed by atoms with Crippen molar-refractivity contribution in [3.8, 4) is 17.4 Å². The summed E-state index contributed by atoms with van der Waals surface area (Å²) in [5, 5.41) is 23.4. The number of piperidine rings is 1. The van der Waals surface area contributed by atoms with E-state index >= 15 is 0 Å². The fourth-order valence-electron chi connectivity index (χ4n) is 4.04. The molecule has 4 rings (SSSR count). The van der Waals surface area contributed by atoms with Crippen molar-refractivity contribution in [2.75, 3.05) is 31.1 Å². The summed E-state index contributed by atoms with van der Waals surface area (Å²) in [6.45, 7) is 4.32. The first-order chi connectivity index (χ1) is 16.1. The van der Waals surface area contributed by atoms with Gasteiger partial charge in [-0.3, -0.25) is 4.79 Å². The molecule has 1 unspecified atom stereocenters. The molecule has 6 nitrogen and oxygen atoms in total. The maximum atomic E-state index is 12.2. The molecule has 0 saturated carbocycles. The number of fused-ring (bicyclic) bond motifs is 1. The Kier molecular flexibility index (Phi) is 7.11. The molecule has 2 N–H and O–H groups in total. The number of benzene rings is 2. The molecule has 2 aromatic carbocycles. The number of hydrogen-bond donors (Lipinski definition) is 2. The van der Waals surface area contributed by atoms with Crippen LogP contribution in [0.5, 0.6) is 0 Å². The highest BCUT2D eigenvalue weighted by molar-refractivity contribution is 6.01. The van der Waals surface area contributed by atoms with Crippen LogP contribution in [0, 0.1) is 17.2 Å². The SMILES string of the molecule is CC(CO)CNC(=O)/C(C#N)=C/c1ccc(-c2ccc3cc(N4CCCCC4)ccc3c2)o1. The molecule has 1 aliphatic rings. The van der Waals surface area contributed by atoms with Gasteiger partial charge < -0.3 is 19.7 Å². The van der Waals surface area contributed by atoms with Crippen LogP contribution in [0.4, 0.5) is 5.69 Å². The lowest BCUT2D eigenvalue weighted by Crippen LogP contribution is -2.30. The molecule has 0 spiro atoms. The van der Waals surface area contributed by atoms with Crippen LogP contribution < -0.4 is 10.2 Å². The predicted octanol–water partition coefficient (Wildman–Crippen LogP) is 4.74. The average Bonchev–Trinajstić information content (AvgIpc) is 3.34. The molecule has 1 amide bonds. The van der Waals surface area contributed by atoms with Gasteiger partial charge in [-0.25, -0.2) is 0 Å². The number of aliphatic hydroxyl groups excluding tert-OH is 1. The van der Waals surface area contributed by atoms with Gasteiger partial charge in [0.05, 0.1) is 0 Å². The molecule has 1 aliphatic heterocycles. The summed E-state index contributed by atoms with van der Waals surface area (Å²) < 4.78 is 5.91. The molecule has 2 heterocycles. The Morgan fingerprint density at radius 1 is 1.15 bits per heavy atom. The third-order valence-corrected chi connectivity index (χ3v) is 6.03. The number of nitrogens with zero attached hydrogens (tertiary/aromatic N) is 2. The van der Waals surface area contributed by atoms with Crippen molar-refractivity contribution in [1.29, 1.82) is 5.26 Å². The van der Waals surface area contributed by atoms with E-state index in [-0.39, 0.29) is 18.1 Å². The van der Waals surface area contributed by atoms with Crippen molar-refractivity contribution < 1.29 is 14.3 Å². The molecule has 1 atom stereocenters.